The Labute approximate surface area is 52.5 Å². The van der Waals surface area contributed by atoms with E-state index >= 15 is 0 Å². The van der Waals surface area contributed by atoms with Gasteiger partial charge < -0.3 is 5.32 Å². The van der Waals surface area contributed by atoms with Crippen molar-refractivity contribution in [2.24, 2.45) is 5.92 Å². The molecule has 0 heterocycles. The molecule has 0 rings (SSSR count). The van der Waals surface area contributed by atoms with Crippen LogP contribution in [0.3, 0.4) is 0 Å². The van der Waals surface area contributed by atoms with E-state index < -0.39 is 0 Å². The molecule has 0 aromatic heterocycles. The minimum Gasteiger partial charge on any atom is -0.665 e. The van der Waals surface area contributed by atoms with Gasteiger partial charge in [0.1, 0.15) is 0 Å². The minimum absolute atomic E-state index is 0.833. The summed E-state index contributed by atoms with van der Waals surface area (Å²) >= 11 is 0. The van der Waals surface area contributed by atoms with Crippen molar-refractivity contribution in [2.75, 3.05) is 13.6 Å². The van der Waals surface area contributed by atoms with Crippen molar-refractivity contribution < 1.29 is 0 Å². The zero-order valence-corrected chi connectivity index (χ0v) is 6.15. The van der Waals surface area contributed by atoms with E-state index in [-0.39, 0.29) is 0 Å². The molecule has 0 radical (unpaired) electrons. The summed E-state index contributed by atoms with van der Waals surface area (Å²) in [5.74, 6) is 0.833. The summed E-state index contributed by atoms with van der Waals surface area (Å²) < 4.78 is 0. The molecule has 0 aromatic carbocycles. The van der Waals surface area contributed by atoms with Crippen LogP contribution in [0.5, 0.6) is 0 Å². The average molecular weight is 114 g/mol. The molecule has 0 N–H and O–H groups in total. The maximum absolute atomic E-state index is 4.08. The van der Waals surface area contributed by atoms with Gasteiger partial charge in [-0.15, -0.1) is 6.54 Å². The van der Waals surface area contributed by atoms with Crippen molar-refractivity contribution in [2.45, 2.75) is 26.7 Å². The Morgan fingerprint density at radius 1 is 1.25 bits per heavy atom. The quantitative estimate of drug-likeness (QED) is 0.533. The SMILES string of the molecule is CCC(CC)C[N-]C. The molecule has 0 spiro atoms. The van der Waals surface area contributed by atoms with Gasteiger partial charge in [-0.05, 0) is 0 Å². The lowest BCUT2D eigenvalue weighted by atomic mass is 10.0. The van der Waals surface area contributed by atoms with Crippen molar-refractivity contribution in [3.63, 3.8) is 0 Å². The van der Waals surface area contributed by atoms with E-state index in [4.69, 9.17) is 0 Å². The Hall–Kier alpha value is -0.0400. The summed E-state index contributed by atoms with van der Waals surface area (Å²) in [5, 5.41) is 4.08. The van der Waals surface area contributed by atoms with Crippen molar-refractivity contribution in [3.8, 4) is 0 Å². The third-order valence-corrected chi connectivity index (χ3v) is 1.60. The standard InChI is InChI=1S/C7H16N/c1-4-7(5-2)6-8-3/h7H,4-6H2,1-3H3/q-1. The third kappa shape index (κ3) is 3.03. The normalized spacial score (nSPS) is 10.5. The molecule has 0 unspecified atom stereocenters. The van der Waals surface area contributed by atoms with Gasteiger partial charge in [-0.25, -0.2) is 0 Å². The fraction of sp³-hybridized carbons (Fsp3) is 1.00. The highest BCUT2D eigenvalue weighted by Gasteiger charge is 1.93. The van der Waals surface area contributed by atoms with Crippen LogP contribution in [0.25, 0.3) is 5.32 Å². The summed E-state index contributed by atoms with van der Waals surface area (Å²) in [5.41, 5.74) is 0. The largest absolute Gasteiger partial charge is 0.665 e. The maximum atomic E-state index is 4.08. The molecule has 0 bridgehead atoms. The van der Waals surface area contributed by atoms with Crippen molar-refractivity contribution >= 4 is 0 Å². The Bertz CT molecular complexity index is 39.7. The second kappa shape index (κ2) is 5.10. The minimum atomic E-state index is 0.833. The molecule has 0 saturated carbocycles. The first-order valence-electron chi connectivity index (χ1n) is 3.40. The van der Waals surface area contributed by atoms with Crippen LogP contribution in [0.15, 0.2) is 0 Å². The van der Waals surface area contributed by atoms with Gasteiger partial charge in [0.15, 0.2) is 0 Å². The molecular weight excluding hydrogens is 98.1 g/mol. The predicted molar refractivity (Wildman–Crippen MR) is 38.2 cm³/mol. The smallest absolute Gasteiger partial charge is 0.0550 e. The topological polar surface area (TPSA) is 14.1 Å². The van der Waals surface area contributed by atoms with Crippen molar-refractivity contribution in [1.82, 2.24) is 0 Å². The molecule has 1 nitrogen and oxygen atoms in total. The zero-order valence-electron chi connectivity index (χ0n) is 6.15. The van der Waals surface area contributed by atoms with E-state index in [1.165, 1.54) is 12.8 Å². The number of nitrogens with zero attached hydrogens (tertiary/aromatic N) is 1. The Balaban J connectivity index is 3.07. The van der Waals surface area contributed by atoms with Crippen molar-refractivity contribution in [3.05, 3.63) is 5.32 Å². The van der Waals surface area contributed by atoms with Crippen molar-refractivity contribution in [1.29, 1.82) is 0 Å². The van der Waals surface area contributed by atoms with Crippen LogP contribution >= 0.6 is 0 Å². The van der Waals surface area contributed by atoms with Gasteiger partial charge in [-0.2, -0.15) is 7.05 Å². The number of hydrogen-bond acceptors (Lipinski definition) is 0. The first kappa shape index (κ1) is 7.96. The van der Waals surface area contributed by atoms with Gasteiger partial charge in [-0.3, -0.25) is 0 Å². The predicted octanol–water partition coefficient (Wildman–Crippen LogP) is 2.43. The second-order valence-corrected chi connectivity index (χ2v) is 2.18. The number of hydrogen-bond donors (Lipinski definition) is 0. The Morgan fingerprint density at radius 2 is 1.75 bits per heavy atom. The Morgan fingerprint density at radius 3 is 1.88 bits per heavy atom. The third-order valence-electron chi connectivity index (χ3n) is 1.60. The molecule has 0 amide bonds. The maximum Gasteiger partial charge on any atom is -0.0550 e. The molecule has 1 heteroatoms. The van der Waals surface area contributed by atoms with Crippen LogP contribution in [0.2, 0.25) is 0 Å². The van der Waals surface area contributed by atoms with Crippen LogP contribution in [0.4, 0.5) is 0 Å². The van der Waals surface area contributed by atoms with E-state index in [2.05, 4.69) is 19.2 Å². The van der Waals surface area contributed by atoms with Gasteiger partial charge in [0.05, 0.1) is 0 Å². The molecule has 0 aliphatic carbocycles. The molecule has 50 valence electrons. The van der Waals surface area contributed by atoms with Crippen LogP contribution < -0.4 is 0 Å². The first-order chi connectivity index (χ1) is 3.85. The molecular formula is C7H16N-. The van der Waals surface area contributed by atoms with Crippen LogP contribution in [0.1, 0.15) is 26.7 Å². The van der Waals surface area contributed by atoms with Gasteiger partial charge >= 0.3 is 0 Å². The van der Waals surface area contributed by atoms with E-state index in [0.717, 1.165) is 12.5 Å². The van der Waals surface area contributed by atoms with E-state index in [1.807, 2.05) is 7.05 Å². The molecule has 0 aliphatic heterocycles. The molecule has 0 aromatic rings. The zero-order chi connectivity index (χ0) is 6.41. The molecule has 0 aliphatic rings. The van der Waals surface area contributed by atoms with E-state index in [0.29, 0.717) is 0 Å². The van der Waals surface area contributed by atoms with Gasteiger partial charge in [0, 0.05) is 0 Å². The van der Waals surface area contributed by atoms with Gasteiger partial charge in [0.25, 0.3) is 0 Å². The Kier molecular flexibility index (Phi) is 5.08. The fourth-order valence-corrected chi connectivity index (χ4v) is 0.805. The molecule has 0 fully saturated rings. The number of rotatable bonds is 4. The van der Waals surface area contributed by atoms with E-state index in [9.17, 15) is 0 Å². The lowest BCUT2D eigenvalue weighted by molar-refractivity contribution is 0.525. The summed E-state index contributed by atoms with van der Waals surface area (Å²) in [7, 11) is 1.89. The lowest BCUT2D eigenvalue weighted by Crippen LogP contribution is -2.00. The lowest BCUT2D eigenvalue weighted by Gasteiger charge is -2.19. The van der Waals surface area contributed by atoms with Crippen LogP contribution in [0, 0.1) is 5.92 Å². The van der Waals surface area contributed by atoms with E-state index in [1.54, 1.807) is 0 Å². The first-order valence-corrected chi connectivity index (χ1v) is 3.40. The second-order valence-electron chi connectivity index (χ2n) is 2.18. The summed E-state index contributed by atoms with van der Waals surface area (Å²) in [6.45, 7) is 5.49. The molecule has 0 atom stereocenters. The van der Waals surface area contributed by atoms with Gasteiger partial charge in [-0.1, -0.05) is 32.6 Å². The van der Waals surface area contributed by atoms with Gasteiger partial charge in [0.2, 0.25) is 0 Å². The fourth-order valence-electron chi connectivity index (χ4n) is 0.805. The average Bonchev–Trinajstić information content (AvgIpc) is 1.83. The summed E-state index contributed by atoms with van der Waals surface area (Å²) in [6.07, 6.45) is 2.54. The highest BCUT2D eigenvalue weighted by molar-refractivity contribution is 4.74. The molecule has 0 saturated heterocycles. The molecule has 8 heavy (non-hydrogen) atoms. The summed E-state index contributed by atoms with van der Waals surface area (Å²) in [4.78, 5) is 0. The van der Waals surface area contributed by atoms with Crippen LogP contribution in [-0.4, -0.2) is 13.6 Å². The monoisotopic (exact) mass is 114 g/mol. The highest BCUT2D eigenvalue weighted by Crippen LogP contribution is 2.08. The highest BCUT2D eigenvalue weighted by atomic mass is 14.8. The van der Waals surface area contributed by atoms with Crippen LogP contribution in [-0.2, 0) is 0 Å². The summed E-state index contributed by atoms with van der Waals surface area (Å²) in [6, 6.07) is 0.